The van der Waals surface area contributed by atoms with E-state index in [-0.39, 0.29) is 11.6 Å². The van der Waals surface area contributed by atoms with E-state index in [0.717, 1.165) is 10.4 Å². The number of aryl methyl sites for hydroxylation is 1. The third-order valence-corrected chi connectivity index (χ3v) is 5.40. The molecule has 5 nitrogen and oxygen atoms in total. The van der Waals surface area contributed by atoms with Crippen LogP contribution in [0.4, 0.5) is 10.1 Å². The second kappa shape index (κ2) is 7.15. The lowest BCUT2D eigenvalue weighted by molar-refractivity contribution is -0.137. The Morgan fingerprint density at radius 2 is 2.04 bits per heavy atom. The molecule has 1 aromatic heterocycles. The minimum absolute atomic E-state index is 0.0988. The first kappa shape index (κ1) is 19.1. The van der Waals surface area contributed by atoms with E-state index in [9.17, 15) is 14.0 Å². The van der Waals surface area contributed by atoms with Crippen LogP contribution in [0.15, 0.2) is 41.5 Å². The summed E-state index contributed by atoms with van der Waals surface area (Å²) in [6, 6.07) is 8.18. The van der Waals surface area contributed by atoms with Crippen molar-refractivity contribution in [3.05, 3.63) is 57.7 Å². The average Bonchev–Trinajstić information content (AvgIpc) is 3.11. The van der Waals surface area contributed by atoms with E-state index in [2.05, 4.69) is 10.6 Å². The smallest absolute Gasteiger partial charge is 0.258 e. The van der Waals surface area contributed by atoms with Crippen LogP contribution in [0.5, 0.6) is 0 Å². The van der Waals surface area contributed by atoms with Gasteiger partial charge in [-0.05, 0) is 56.8 Å². The number of nitrogens with one attached hydrogen (secondary N) is 2. The lowest BCUT2D eigenvalue weighted by atomic mass is 9.88. The average molecular weight is 388 g/mol. The number of anilines is 1. The number of carbonyl (C=O) groups is 2. The molecule has 0 fully saturated rings. The molecule has 1 atom stereocenters. The highest BCUT2D eigenvalue weighted by molar-refractivity contribution is 7.11. The maximum Gasteiger partial charge on any atom is 0.258 e. The Hall–Kier alpha value is -2.67. The number of hydrogen-bond donors (Lipinski definition) is 2. The first-order chi connectivity index (χ1) is 12.7. The van der Waals surface area contributed by atoms with Crippen molar-refractivity contribution in [3.8, 4) is 0 Å². The number of halogens is 1. The van der Waals surface area contributed by atoms with E-state index in [1.807, 2.05) is 24.4 Å². The molecule has 1 aliphatic rings. The van der Waals surface area contributed by atoms with Crippen molar-refractivity contribution in [1.29, 1.82) is 0 Å². The summed E-state index contributed by atoms with van der Waals surface area (Å²) in [4.78, 5) is 26.2. The number of benzene rings is 1. The quantitative estimate of drug-likeness (QED) is 0.830. The zero-order valence-electron chi connectivity index (χ0n) is 15.6. The predicted molar refractivity (Wildman–Crippen MR) is 103 cm³/mol. The van der Waals surface area contributed by atoms with Crippen LogP contribution in [0.1, 0.15) is 31.2 Å². The van der Waals surface area contributed by atoms with Crippen molar-refractivity contribution in [1.82, 2.24) is 5.32 Å². The minimum atomic E-state index is -1.13. The van der Waals surface area contributed by atoms with E-state index < -0.39 is 23.4 Å². The number of rotatable bonds is 4. The van der Waals surface area contributed by atoms with Crippen LogP contribution in [0.25, 0.3) is 5.57 Å². The van der Waals surface area contributed by atoms with E-state index in [1.54, 1.807) is 32.9 Å². The summed E-state index contributed by atoms with van der Waals surface area (Å²) in [7, 11) is 0. The van der Waals surface area contributed by atoms with Crippen molar-refractivity contribution < 1.29 is 18.7 Å². The highest BCUT2D eigenvalue weighted by atomic mass is 32.1. The van der Waals surface area contributed by atoms with E-state index in [0.29, 0.717) is 11.3 Å². The summed E-state index contributed by atoms with van der Waals surface area (Å²) in [6.07, 6.45) is -0.874. The number of carbonyl (C=O) groups excluding carboxylic acids is 2. The second-order valence-electron chi connectivity index (χ2n) is 7.04. The van der Waals surface area contributed by atoms with Crippen molar-refractivity contribution in [2.45, 2.75) is 33.9 Å². The Kier molecular flexibility index (Phi) is 5.06. The molecule has 0 aliphatic carbocycles. The first-order valence-electron chi connectivity index (χ1n) is 8.50. The lowest BCUT2D eigenvalue weighted by Crippen LogP contribution is -2.54. The van der Waals surface area contributed by atoms with Crippen LogP contribution in [-0.2, 0) is 14.3 Å². The van der Waals surface area contributed by atoms with Crippen LogP contribution < -0.4 is 10.6 Å². The van der Waals surface area contributed by atoms with Gasteiger partial charge in [0, 0.05) is 4.88 Å². The summed E-state index contributed by atoms with van der Waals surface area (Å²) >= 11 is 1.44. The van der Waals surface area contributed by atoms with Crippen LogP contribution in [0.2, 0.25) is 0 Å². The van der Waals surface area contributed by atoms with Gasteiger partial charge in [-0.2, -0.15) is 0 Å². The zero-order chi connectivity index (χ0) is 19.8. The molecule has 2 amide bonds. The summed E-state index contributed by atoms with van der Waals surface area (Å²) < 4.78 is 19.8. The fourth-order valence-corrected chi connectivity index (χ4v) is 3.60. The Morgan fingerprint density at radius 1 is 1.30 bits per heavy atom. The van der Waals surface area contributed by atoms with Crippen molar-refractivity contribution >= 4 is 34.4 Å². The van der Waals surface area contributed by atoms with Gasteiger partial charge < -0.3 is 15.4 Å². The molecule has 1 aliphatic heterocycles. The van der Waals surface area contributed by atoms with Crippen LogP contribution in [0.3, 0.4) is 0 Å². The predicted octanol–water partition coefficient (Wildman–Crippen LogP) is 4.06. The summed E-state index contributed by atoms with van der Waals surface area (Å²) in [5.74, 6) is -0.818. The molecule has 0 bridgehead atoms. The molecule has 142 valence electrons. The highest BCUT2D eigenvalue weighted by Crippen LogP contribution is 2.33. The molecule has 1 unspecified atom stereocenters. The largest absolute Gasteiger partial charge is 0.473 e. The van der Waals surface area contributed by atoms with Gasteiger partial charge in [-0.15, -0.1) is 11.3 Å². The Morgan fingerprint density at radius 3 is 2.67 bits per heavy atom. The first-order valence-corrected chi connectivity index (χ1v) is 9.38. The molecule has 2 N–H and O–H groups in total. The molecule has 3 rings (SSSR count). The summed E-state index contributed by atoms with van der Waals surface area (Å²) in [6.45, 7) is 6.80. The molecule has 2 aromatic rings. The Labute approximate surface area is 161 Å². The molecular weight excluding hydrogens is 367 g/mol. The Bertz CT molecular complexity index is 919. The molecule has 0 radical (unpaired) electrons. The van der Waals surface area contributed by atoms with E-state index >= 15 is 0 Å². The molecule has 0 spiro atoms. The molecule has 7 heteroatoms. The van der Waals surface area contributed by atoms with Gasteiger partial charge in [0.1, 0.15) is 11.6 Å². The van der Waals surface area contributed by atoms with Crippen LogP contribution in [-0.4, -0.2) is 18.0 Å². The number of hydrogen-bond acceptors (Lipinski definition) is 4. The summed E-state index contributed by atoms with van der Waals surface area (Å²) in [5.41, 5.74) is 0.253. The van der Waals surface area contributed by atoms with Crippen molar-refractivity contribution in [2.24, 2.45) is 5.41 Å². The topological polar surface area (TPSA) is 67.4 Å². The number of amides is 2. The van der Waals surface area contributed by atoms with Gasteiger partial charge in [0.2, 0.25) is 5.91 Å². The number of ether oxygens (including phenoxy) is 1. The third-order valence-electron chi connectivity index (χ3n) is 4.51. The molecule has 0 saturated heterocycles. The highest BCUT2D eigenvalue weighted by Gasteiger charge is 2.43. The lowest BCUT2D eigenvalue weighted by Gasteiger charge is -2.37. The number of thiophene rings is 1. The van der Waals surface area contributed by atoms with Crippen molar-refractivity contribution in [2.75, 3.05) is 5.32 Å². The standard InChI is InChI=1S/C20H21FN2O3S/c1-11-7-8-13(21)14(10-11)22-18(25)20(3,4)19-23-17(24)16(12(2)26-19)15-6-5-9-27-15/h5-10,19H,1-4H3,(H,22,25)(H,23,24). The minimum Gasteiger partial charge on any atom is -0.473 e. The maximum absolute atomic E-state index is 14.0. The van der Waals surface area contributed by atoms with Gasteiger partial charge >= 0.3 is 0 Å². The third kappa shape index (κ3) is 3.73. The van der Waals surface area contributed by atoms with Gasteiger partial charge in [0.05, 0.1) is 16.7 Å². The van der Waals surface area contributed by atoms with Gasteiger partial charge in [0.15, 0.2) is 6.23 Å². The summed E-state index contributed by atoms with van der Waals surface area (Å²) in [5, 5.41) is 7.23. The van der Waals surface area contributed by atoms with E-state index in [4.69, 9.17) is 4.74 Å². The van der Waals surface area contributed by atoms with Gasteiger partial charge in [0.25, 0.3) is 5.91 Å². The maximum atomic E-state index is 14.0. The fraction of sp³-hybridized carbons (Fsp3) is 0.300. The van der Waals surface area contributed by atoms with Crippen LogP contribution >= 0.6 is 11.3 Å². The number of allylic oxidation sites excluding steroid dienone is 1. The van der Waals surface area contributed by atoms with Gasteiger partial charge in [-0.1, -0.05) is 12.1 Å². The van der Waals surface area contributed by atoms with Crippen LogP contribution in [0, 0.1) is 18.2 Å². The zero-order valence-corrected chi connectivity index (χ0v) is 16.4. The van der Waals surface area contributed by atoms with Crippen molar-refractivity contribution in [3.63, 3.8) is 0 Å². The fourth-order valence-electron chi connectivity index (χ4n) is 2.79. The molecule has 2 heterocycles. The molecule has 0 saturated carbocycles. The normalized spacial score (nSPS) is 17.4. The van der Waals surface area contributed by atoms with Gasteiger partial charge in [-0.25, -0.2) is 4.39 Å². The van der Waals surface area contributed by atoms with Gasteiger partial charge in [-0.3, -0.25) is 9.59 Å². The Balaban J connectivity index is 1.82. The molecule has 27 heavy (non-hydrogen) atoms. The van der Waals surface area contributed by atoms with E-state index in [1.165, 1.54) is 17.4 Å². The molecule has 1 aromatic carbocycles. The monoisotopic (exact) mass is 388 g/mol. The SMILES string of the molecule is CC1=C(c2cccs2)C(=O)NC(C(C)(C)C(=O)Nc2cc(C)ccc2F)O1. The molecular formula is C20H21FN2O3S. The second-order valence-corrected chi connectivity index (χ2v) is 7.99.